The van der Waals surface area contributed by atoms with Gasteiger partial charge < -0.3 is 25.8 Å². The maximum Gasteiger partial charge on any atom is 0.320 e. The van der Waals surface area contributed by atoms with Crippen LogP contribution in [0.4, 0.5) is 16.3 Å². The van der Waals surface area contributed by atoms with Crippen molar-refractivity contribution in [2.75, 3.05) is 51.6 Å². The first-order valence-electron chi connectivity index (χ1n) is 6.69. The Bertz CT molecular complexity index is 509. The lowest BCUT2D eigenvalue weighted by molar-refractivity contribution is 0.198. The van der Waals surface area contributed by atoms with E-state index in [9.17, 15) is 4.79 Å². The van der Waals surface area contributed by atoms with E-state index in [1.54, 1.807) is 14.2 Å². The van der Waals surface area contributed by atoms with E-state index in [0.29, 0.717) is 43.4 Å². The summed E-state index contributed by atoms with van der Waals surface area (Å²) in [4.78, 5) is 15.6. The van der Waals surface area contributed by atoms with Crippen molar-refractivity contribution in [2.45, 2.75) is 0 Å². The molecule has 9 nitrogen and oxygen atoms in total. The zero-order valence-electron chi connectivity index (χ0n) is 12.7. The Morgan fingerprint density at radius 2 is 1.91 bits per heavy atom. The minimum atomic E-state index is -0.398. The molecule has 9 heteroatoms. The first-order valence-corrected chi connectivity index (χ1v) is 6.69. The summed E-state index contributed by atoms with van der Waals surface area (Å²) in [5.41, 5.74) is 6.68. The number of carbonyl (C=O) groups excluding carboxylic acids is 1. The van der Waals surface area contributed by atoms with Gasteiger partial charge in [-0.15, -0.1) is 0 Å². The van der Waals surface area contributed by atoms with Gasteiger partial charge in [-0.2, -0.15) is 0 Å². The lowest BCUT2D eigenvalue weighted by atomic mass is 10.2. The highest BCUT2D eigenvalue weighted by Crippen LogP contribution is 2.14. The summed E-state index contributed by atoms with van der Waals surface area (Å²) in [6.45, 7) is 1.80. The molecule has 1 rings (SSSR count). The number of ether oxygens (including phenoxy) is 2. The maximum atomic E-state index is 11.6. The number of methoxy groups -OCH3 is 2. The summed E-state index contributed by atoms with van der Waals surface area (Å²) in [6.07, 6.45) is 1.43. The SMILES string of the molecule is COCCNC(=N)c1cnc(NC(=O)NCCOC)cc1N. The molecule has 0 aliphatic carbocycles. The van der Waals surface area contributed by atoms with Crippen LogP contribution < -0.4 is 21.7 Å². The fourth-order valence-electron chi connectivity index (χ4n) is 1.55. The normalized spacial score (nSPS) is 10.1. The van der Waals surface area contributed by atoms with Gasteiger partial charge in [-0.25, -0.2) is 9.78 Å². The van der Waals surface area contributed by atoms with Gasteiger partial charge >= 0.3 is 6.03 Å². The van der Waals surface area contributed by atoms with E-state index < -0.39 is 6.03 Å². The van der Waals surface area contributed by atoms with E-state index in [1.807, 2.05) is 0 Å². The Hall–Kier alpha value is -2.39. The minimum Gasteiger partial charge on any atom is -0.398 e. The molecule has 0 bridgehead atoms. The van der Waals surface area contributed by atoms with Crippen molar-refractivity contribution >= 4 is 23.4 Å². The molecular weight excluding hydrogens is 288 g/mol. The molecule has 1 aromatic rings. The molecule has 1 heterocycles. The summed E-state index contributed by atoms with van der Waals surface area (Å²) >= 11 is 0. The van der Waals surface area contributed by atoms with Crippen molar-refractivity contribution in [1.29, 1.82) is 5.41 Å². The van der Waals surface area contributed by atoms with E-state index in [0.717, 1.165) is 0 Å². The maximum absolute atomic E-state index is 11.6. The van der Waals surface area contributed by atoms with Crippen LogP contribution in [0.5, 0.6) is 0 Å². The molecule has 0 atom stereocenters. The summed E-state index contributed by atoms with van der Waals surface area (Å²) in [6, 6.07) is 1.10. The van der Waals surface area contributed by atoms with E-state index >= 15 is 0 Å². The second-order valence-corrected chi connectivity index (χ2v) is 4.33. The lowest BCUT2D eigenvalue weighted by Crippen LogP contribution is -2.32. The number of rotatable bonds is 8. The molecule has 0 unspecified atom stereocenters. The highest BCUT2D eigenvalue weighted by atomic mass is 16.5. The fraction of sp³-hybridized carbons (Fsp3) is 0.462. The zero-order valence-corrected chi connectivity index (χ0v) is 12.7. The van der Waals surface area contributed by atoms with Gasteiger partial charge in [0, 0.05) is 45.3 Å². The van der Waals surface area contributed by atoms with Crippen LogP contribution in [0.2, 0.25) is 0 Å². The Morgan fingerprint density at radius 1 is 1.27 bits per heavy atom. The van der Waals surface area contributed by atoms with E-state index in [1.165, 1.54) is 12.3 Å². The number of hydrogen-bond acceptors (Lipinski definition) is 6. The van der Waals surface area contributed by atoms with Crippen molar-refractivity contribution in [3.05, 3.63) is 17.8 Å². The fourth-order valence-corrected chi connectivity index (χ4v) is 1.55. The van der Waals surface area contributed by atoms with Gasteiger partial charge in [0.05, 0.1) is 18.8 Å². The Balaban J connectivity index is 2.57. The third kappa shape index (κ3) is 5.94. The van der Waals surface area contributed by atoms with Crippen molar-refractivity contribution in [2.24, 2.45) is 0 Å². The summed E-state index contributed by atoms with van der Waals surface area (Å²) in [5.74, 6) is 0.457. The molecular formula is C13H22N6O3. The highest BCUT2D eigenvalue weighted by Gasteiger charge is 2.09. The Kier molecular flexibility index (Phi) is 7.65. The molecule has 22 heavy (non-hydrogen) atoms. The minimum absolute atomic E-state index is 0.151. The van der Waals surface area contributed by atoms with Gasteiger partial charge in [0.1, 0.15) is 11.7 Å². The number of amides is 2. The number of nitrogen functional groups attached to an aromatic ring is 1. The van der Waals surface area contributed by atoms with Crippen LogP contribution in [0.25, 0.3) is 0 Å². The average Bonchev–Trinajstić information content (AvgIpc) is 2.47. The van der Waals surface area contributed by atoms with E-state index in [2.05, 4.69) is 20.9 Å². The molecule has 1 aromatic heterocycles. The van der Waals surface area contributed by atoms with Crippen LogP contribution >= 0.6 is 0 Å². The molecule has 0 aliphatic heterocycles. The number of nitrogens with one attached hydrogen (secondary N) is 4. The van der Waals surface area contributed by atoms with Gasteiger partial charge in [-0.05, 0) is 0 Å². The number of carbonyl (C=O) groups is 1. The number of aromatic nitrogens is 1. The monoisotopic (exact) mass is 310 g/mol. The van der Waals surface area contributed by atoms with Gasteiger partial charge in [-0.1, -0.05) is 0 Å². The topological polar surface area (TPSA) is 134 Å². The molecule has 0 aromatic carbocycles. The molecule has 0 fully saturated rings. The number of nitrogens with zero attached hydrogens (tertiary/aromatic N) is 1. The van der Waals surface area contributed by atoms with Crippen LogP contribution in [-0.2, 0) is 9.47 Å². The van der Waals surface area contributed by atoms with Crippen LogP contribution in [0.1, 0.15) is 5.56 Å². The second-order valence-electron chi connectivity index (χ2n) is 4.33. The molecule has 122 valence electrons. The van der Waals surface area contributed by atoms with E-state index in [4.69, 9.17) is 20.6 Å². The van der Waals surface area contributed by atoms with Gasteiger partial charge in [-0.3, -0.25) is 10.7 Å². The number of nitrogens with two attached hydrogens (primary N) is 1. The standard InChI is InChI=1S/C13H22N6O3/c1-21-5-3-16-12(15)9-8-18-11(7-10(9)14)19-13(20)17-4-6-22-2/h7-8H,3-6H2,1-2H3,(H2,15,16)(H4,14,17,18,19,20). The van der Waals surface area contributed by atoms with Gasteiger partial charge in [0.15, 0.2) is 0 Å². The van der Waals surface area contributed by atoms with Gasteiger partial charge in [0.2, 0.25) is 0 Å². The zero-order chi connectivity index (χ0) is 16.4. The Morgan fingerprint density at radius 3 is 2.50 bits per heavy atom. The Labute approximate surface area is 129 Å². The van der Waals surface area contributed by atoms with Crippen molar-refractivity contribution < 1.29 is 14.3 Å². The largest absolute Gasteiger partial charge is 0.398 e. The van der Waals surface area contributed by atoms with Crippen molar-refractivity contribution in [3.8, 4) is 0 Å². The van der Waals surface area contributed by atoms with Crippen molar-refractivity contribution in [3.63, 3.8) is 0 Å². The quantitative estimate of drug-likeness (QED) is 0.260. The average molecular weight is 310 g/mol. The highest BCUT2D eigenvalue weighted by molar-refractivity contribution is 6.01. The molecule has 0 radical (unpaired) electrons. The summed E-state index contributed by atoms with van der Waals surface area (Å²) in [5, 5.41) is 15.9. The third-order valence-corrected chi connectivity index (χ3v) is 2.65. The molecule has 0 spiro atoms. The van der Waals surface area contributed by atoms with Gasteiger partial charge in [0.25, 0.3) is 0 Å². The number of pyridine rings is 1. The lowest BCUT2D eigenvalue weighted by Gasteiger charge is -2.11. The predicted octanol–water partition coefficient (Wildman–Crippen LogP) is -0.00693. The number of anilines is 2. The van der Waals surface area contributed by atoms with Crippen molar-refractivity contribution in [1.82, 2.24) is 15.6 Å². The molecule has 0 aliphatic rings. The number of urea groups is 1. The van der Waals surface area contributed by atoms with Crippen LogP contribution in [-0.4, -0.2) is 57.4 Å². The van der Waals surface area contributed by atoms with E-state index in [-0.39, 0.29) is 5.84 Å². The first kappa shape index (κ1) is 17.7. The first-order chi connectivity index (χ1) is 10.6. The third-order valence-electron chi connectivity index (χ3n) is 2.65. The van der Waals surface area contributed by atoms with Crippen LogP contribution in [0.15, 0.2) is 12.3 Å². The molecule has 0 saturated heterocycles. The molecule has 0 saturated carbocycles. The number of amidine groups is 1. The summed E-state index contributed by atoms with van der Waals surface area (Å²) in [7, 11) is 3.13. The smallest absolute Gasteiger partial charge is 0.320 e. The summed E-state index contributed by atoms with van der Waals surface area (Å²) < 4.78 is 9.72. The molecule has 2 amide bonds. The van der Waals surface area contributed by atoms with Crippen LogP contribution in [0, 0.1) is 5.41 Å². The predicted molar refractivity (Wildman–Crippen MR) is 84.3 cm³/mol. The molecule has 6 N–H and O–H groups in total. The van der Waals surface area contributed by atoms with Crippen LogP contribution in [0.3, 0.4) is 0 Å². The second kappa shape index (κ2) is 9.53. The number of hydrogen-bond donors (Lipinski definition) is 5.